The molecular weight excluding hydrogens is 503 g/mol. The third-order valence-corrected chi connectivity index (χ3v) is 5.60. The Morgan fingerprint density at radius 2 is 1.90 bits per heavy atom. The van der Waals surface area contributed by atoms with E-state index in [2.05, 4.69) is 26.5 Å². The van der Waals surface area contributed by atoms with Crippen LogP contribution in [0.5, 0.6) is 11.5 Å². The van der Waals surface area contributed by atoms with E-state index in [1.807, 2.05) is 37.3 Å². The van der Waals surface area contributed by atoms with E-state index < -0.39 is 5.91 Å². The van der Waals surface area contributed by atoms with Gasteiger partial charge in [-0.15, -0.1) is 0 Å². The maximum absolute atomic E-state index is 12.3. The zero-order valence-corrected chi connectivity index (χ0v) is 19.9. The highest BCUT2D eigenvalue weighted by Crippen LogP contribution is 2.37. The van der Waals surface area contributed by atoms with Gasteiger partial charge in [0, 0.05) is 10.6 Å². The van der Waals surface area contributed by atoms with Crippen LogP contribution in [0.3, 0.4) is 0 Å². The molecule has 0 aliphatic heterocycles. The second kappa shape index (κ2) is 10.7. The standard InChI is InChI=1S/C23H19BrCl2N2O3/c1-14-7-8-17(20(26)9-14)23(29)28-27-12-15-10-18(24)22(21(11-15)30-2)31-13-16-5-3-4-6-19(16)25/h3-12H,13H2,1-2H3,(H,28,29)/b27-12-. The second-order valence-electron chi connectivity index (χ2n) is 6.60. The number of aryl methyl sites for hydroxylation is 1. The molecule has 3 aromatic rings. The molecule has 3 aromatic carbocycles. The van der Waals surface area contributed by atoms with Crippen LogP contribution >= 0.6 is 39.1 Å². The topological polar surface area (TPSA) is 59.9 Å². The minimum atomic E-state index is -0.396. The molecule has 0 bridgehead atoms. The van der Waals surface area contributed by atoms with Crippen LogP contribution in [0.1, 0.15) is 27.0 Å². The van der Waals surface area contributed by atoms with Crippen molar-refractivity contribution in [2.75, 3.05) is 7.11 Å². The molecule has 0 saturated carbocycles. The van der Waals surface area contributed by atoms with E-state index in [-0.39, 0.29) is 6.61 Å². The molecule has 0 atom stereocenters. The number of hydrazone groups is 1. The summed E-state index contributed by atoms with van der Waals surface area (Å²) >= 11 is 15.8. The van der Waals surface area contributed by atoms with Crippen LogP contribution in [0, 0.1) is 6.92 Å². The van der Waals surface area contributed by atoms with Gasteiger partial charge >= 0.3 is 0 Å². The molecular formula is C23H19BrCl2N2O3. The number of nitrogens with one attached hydrogen (secondary N) is 1. The average Bonchev–Trinajstić information content (AvgIpc) is 2.73. The minimum absolute atomic E-state index is 0.287. The van der Waals surface area contributed by atoms with E-state index >= 15 is 0 Å². The lowest BCUT2D eigenvalue weighted by Gasteiger charge is -2.14. The van der Waals surface area contributed by atoms with Gasteiger partial charge in [0.25, 0.3) is 5.91 Å². The van der Waals surface area contributed by atoms with Gasteiger partial charge in [-0.1, -0.05) is 47.5 Å². The van der Waals surface area contributed by atoms with Crippen molar-refractivity contribution in [3.05, 3.63) is 91.4 Å². The molecule has 0 radical (unpaired) electrons. The summed E-state index contributed by atoms with van der Waals surface area (Å²) < 4.78 is 12.0. The van der Waals surface area contributed by atoms with Crippen molar-refractivity contribution in [3.8, 4) is 11.5 Å². The number of rotatable bonds is 7. The second-order valence-corrected chi connectivity index (χ2v) is 8.27. The van der Waals surface area contributed by atoms with Gasteiger partial charge in [0.1, 0.15) is 6.61 Å². The fourth-order valence-corrected chi connectivity index (χ4v) is 3.84. The highest BCUT2D eigenvalue weighted by molar-refractivity contribution is 9.10. The van der Waals surface area contributed by atoms with Gasteiger partial charge in [-0.05, 0) is 64.3 Å². The Hall–Kier alpha value is -2.54. The highest BCUT2D eigenvalue weighted by atomic mass is 79.9. The van der Waals surface area contributed by atoms with Gasteiger partial charge in [0.2, 0.25) is 0 Å². The van der Waals surface area contributed by atoms with E-state index in [0.717, 1.165) is 11.1 Å². The fraction of sp³-hybridized carbons (Fsp3) is 0.130. The van der Waals surface area contributed by atoms with Crippen LogP contribution < -0.4 is 14.9 Å². The van der Waals surface area contributed by atoms with Crippen molar-refractivity contribution < 1.29 is 14.3 Å². The first-order valence-electron chi connectivity index (χ1n) is 9.22. The van der Waals surface area contributed by atoms with Gasteiger partial charge in [-0.3, -0.25) is 4.79 Å². The third kappa shape index (κ3) is 6.00. The first-order valence-corrected chi connectivity index (χ1v) is 10.8. The van der Waals surface area contributed by atoms with Crippen LogP contribution in [-0.2, 0) is 6.61 Å². The zero-order chi connectivity index (χ0) is 22.4. The molecule has 0 spiro atoms. The van der Waals surface area contributed by atoms with E-state index in [1.165, 1.54) is 6.21 Å². The molecule has 0 aliphatic carbocycles. The van der Waals surface area contributed by atoms with Crippen LogP contribution in [-0.4, -0.2) is 19.2 Å². The van der Waals surface area contributed by atoms with Gasteiger partial charge < -0.3 is 9.47 Å². The van der Waals surface area contributed by atoms with E-state index in [9.17, 15) is 4.79 Å². The smallest absolute Gasteiger partial charge is 0.272 e. The monoisotopic (exact) mass is 520 g/mol. The molecule has 5 nitrogen and oxygen atoms in total. The Kier molecular flexibility index (Phi) is 7.96. The molecule has 0 heterocycles. The Balaban J connectivity index is 1.71. The highest BCUT2D eigenvalue weighted by Gasteiger charge is 2.13. The average molecular weight is 522 g/mol. The zero-order valence-electron chi connectivity index (χ0n) is 16.8. The van der Waals surface area contributed by atoms with E-state index in [4.69, 9.17) is 32.7 Å². The molecule has 0 aromatic heterocycles. The first-order chi connectivity index (χ1) is 14.9. The Morgan fingerprint density at radius 3 is 2.61 bits per heavy atom. The lowest BCUT2D eigenvalue weighted by Crippen LogP contribution is -2.18. The first kappa shape index (κ1) is 23.1. The van der Waals surface area contributed by atoms with Crippen molar-refractivity contribution in [1.82, 2.24) is 5.43 Å². The van der Waals surface area contributed by atoms with Crippen molar-refractivity contribution in [2.45, 2.75) is 13.5 Å². The number of ether oxygens (including phenoxy) is 2. The summed E-state index contributed by atoms with van der Waals surface area (Å²) in [6.07, 6.45) is 1.51. The Labute approximate surface area is 199 Å². The number of benzene rings is 3. The van der Waals surface area contributed by atoms with Crippen LogP contribution in [0.15, 0.2) is 64.2 Å². The molecule has 160 valence electrons. The maximum Gasteiger partial charge on any atom is 0.272 e. The van der Waals surface area contributed by atoms with Crippen molar-refractivity contribution in [2.24, 2.45) is 5.10 Å². The van der Waals surface area contributed by atoms with Gasteiger partial charge in [0.15, 0.2) is 11.5 Å². The quantitative estimate of drug-likeness (QED) is 0.288. The molecule has 31 heavy (non-hydrogen) atoms. The van der Waals surface area contributed by atoms with E-state index in [0.29, 0.717) is 37.1 Å². The number of nitrogens with zero attached hydrogens (tertiary/aromatic N) is 1. The van der Waals surface area contributed by atoms with Crippen molar-refractivity contribution >= 4 is 51.3 Å². The summed E-state index contributed by atoms with van der Waals surface area (Å²) in [4.78, 5) is 12.3. The minimum Gasteiger partial charge on any atom is -0.493 e. The molecule has 3 rings (SSSR count). The predicted molar refractivity (Wildman–Crippen MR) is 128 cm³/mol. The number of halogens is 3. The number of amides is 1. The number of methoxy groups -OCH3 is 1. The van der Waals surface area contributed by atoms with Gasteiger partial charge in [0.05, 0.1) is 28.4 Å². The fourth-order valence-electron chi connectivity index (χ4n) is 2.75. The molecule has 0 unspecified atom stereocenters. The Morgan fingerprint density at radius 1 is 1.13 bits per heavy atom. The normalized spacial score (nSPS) is 10.9. The maximum atomic E-state index is 12.3. The summed E-state index contributed by atoms with van der Waals surface area (Å²) in [5.41, 5.74) is 5.36. The molecule has 1 N–H and O–H groups in total. The molecule has 0 fully saturated rings. The number of carbonyl (C=O) groups is 1. The van der Waals surface area contributed by atoms with Crippen LogP contribution in [0.2, 0.25) is 10.0 Å². The van der Waals surface area contributed by atoms with Crippen molar-refractivity contribution in [3.63, 3.8) is 0 Å². The van der Waals surface area contributed by atoms with Crippen LogP contribution in [0.4, 0.5) is 0 Å². The molecule has 0 aliphatic rings. The summed E-state index contributed by atoms with van der Waals surface area (Å²) in [6.45, 7) is 2.19. The number of hydrogen-bond acceptors (Lipinski definition) is 4. The predicted octanol–water partition coefficient (Wildman–Crippen LogP) is 6.42. The van der Waals surface area contributed by atoms with Crippen LogP contribution in [0.25, 0.3) is 0 Å². The molecule has 8 heteroatoms. The molecule has 0 saturated heterocycles. The number of carbonyl (C=O) groups excluding carboxylic acids is 1. The van der Waals surface area contributed by atoms with Gasteiger partial charge in [-0.2, -0.15) is 5.10 Å². The summed E-state index contributed by atoms with van der Waals surface area (Å²) in [5.74, 6) is 0.651. The lowest BCUT2D eigenvalue weighted by molar-refractivity contribution is 0.0955. The van der Waals surface area contributed by atoms with Gasteiger partial charge in [-0.25, -0.2) is 5.43 Å². The SMILES string of the molecule is COc1cc(/C=N\NC(=O)c2ccc(C)cc2Cl)cc(Br)c1OCc1ccccc1Cl. The number of hydrogen-bond donors (Lipinski definition) is 1. The lowest BCUT2D eigenvalue weighted by atomic mass is 10.1. The van der Waals surface area contributed by atoms with Crippen molar-refractivity contribution in [1.29, 1.82) is 0 Å². The third-order valence-electron chi connectivity index (χ3n) is 4.33. The molecule has 1 amide bonds. The summed E-state index contributed by atoms with van der Waals surface area (Å²) in [6, 6.07) is 16.2. The van der Waals surface area contributed by atoms with E-state index in [1.54, 1.807) is 31.4 Å². The summed E-state index contributed by atoms with van der Waals surface area (Å²) in [5, 5.41) is 5.02. The Bertz CT molecular complexity index is 1140. The summed E-state index contributed by atoms with van der Waals surface area (Å²) in [7, 11) is 1.55. The largest absolute Gasteiger partial charge is 0.493 e.